The molecule has 9 heteroatoms. The highest BCUT2D eigenvalue weighted by molar-refractivity contribution is 6.31. The van der Waals surface area contributed by atoms with E-state index in [-0.39, 0.29) is 11.3 Å². The van der Waals surface area contributed by atoms with Crippen molar-refractivity contribution < 1.29 is 24.3 Å². The first-order valence-electron chi connectivity index (χ1n) is 12.0. The van der Waals surface area contributed by atoms with Crippen molar-refractivity contribution in [1.82, 2.24) is 4.98 Å². The number of carboxylic acids is 1. The molecule has 0 aliphatic carbocycles. The van der Waals surface area contributed by atoms with Crippen LogP contribution in [0.15, 0.2) is 72.8 Å². The summed E-state index contributed by atoms with van der Waals surface area (Å²) in [5, 5.41) is 22.3. The van der Waals surface area contributed by atoms with Gasteiger partial charge in [-0.1, -0.05) is 54.1 Å². The van der Waals surface area contributed by atoms with Crippen LogP contribution in [0, 0.1) is 10.1 Å². The number of benzene rings is 3. The molecule has 1 aliphatic rings. The largest absolute Gasteiger partial charge is 0.478 e. The zero-order valence-electron chi connectivity index (χ0n) is 20.2. The van der Waals surface area contributed by atoms with E-state index in [0.717, 1.165) is 33.8 Å². The number of aryl methyl sites for hydroxylation is 1. The molecule has 0 atom stereocenters. The molecule has 1 aromatic heterocycles. The summed E-state index contributed by atoms with van der Waals surface area (Å²) >= 11 is 6.11. The molecule has 0 saturated carbocycles. The number of non-ortho nitro benzene ring substituents is 1. The van der Waals surface area contributed by atoms with Gasteiger partial charge in [0.15, 0.2) is 5.79 Å². The Balaban J connectivity index is 1.39. The third kappa shape index (κ3) is 5.43. The number of ether oxygens (including phenoxy) is 2. The third-order valence-corrected chi connectivity index (χ3v) is 6.70. The van der Waals surface area contributed by atoms with Crippen LogP contribution in [0.3, 0.4) is 0 Å². The Kier molecular flexibility index (Phi) is 7.20. The zero-order valence-corrected chi connectivity index (χ0v) is 20.9. The molecule has 1 fully saturated rings. The Labute approximate surface area is 223 Å². The van der Waals surface area contributed by atoms with E-state index in [1.807, 2.05) is 66.7 Å². The van der Waals surface area contributed by atoms with Crippen LogP contribution in [0.25, 0.3) is 23.1 Å². The minimum Gasteiger partial charge on any atom is -0.478 e. The average molecular weight is 531 g/mol. The lowest BCUT2D eigenvalue weighted by Gasteiger charge is -2.28. The lowest BCUT2D eigenvalue weighted by molar-refractivity contribution is -0.384. The Hall–Kier alpha value is -4.11. The van der Waals surface area contributed by atoms with E-state index in [0.29, 0.717) is 36.6 Å². The van der Waals surface area contributed by atoms with Gasteiger partial charge in [-0.2, -0.15) is 0 Å². The van der Waals surface area contributed by atoms with Gasteiger partial charge < -0.3 is 14.6 Å². The van der Waals surface area contributed by atoms with Gasteiger partial charge in [-0.25, -0.2) is 9.78 Å². The Morgan fingerprint density at radius 1 is 1.05 bits per heavy atom. The Morgan fingerprint density at radius 3 is 2.61 bits per heavy atom. The van der Waals surface area contributed by atoms with Gasteiger partial charge in [0.1, 0.15) is 0 Å². The van der Waals surface area contributed by atoms with Gasteiger partial charge in [0.05, 0.1) is 34.9 Å². The van der Waals surface area contributed by atoms with Gasteiger partial charge in [0, 0.05) is 34.5 Å². The summed E-state index contributed by atoms with van der Waals surface area (Å²) < 4.78 is 12.1. The quantitative estimate of drug-likeness (QED) is 0.204. The van der Waals surface area contributed by atoms with Crippen LogP contribution >= 0.6 is 11.6 Å². The number of aromatic nitrogens is 1. The number of hydrogen-bond acceptors (Lipinski definition) is 6. The molecule has 2 heterocycles. The van der Waals surface area contributed by atoms with Crippen LogP contribution in [-0.4, -0.2) is 34.2 Å². The van der Waals surface area contributed by atoms with E-state index in [2.05, 4.69) is 4.98 Å². The minimum atomic E-state index is -1.22. The molecule has 0 spiro atoms. The van der Waals surface area contributed by atoms with Crippen LogP contribution < -0.4 is 0 Å². The maximum absolute atomic E-state index is 11.8. The summed E-state index contributed by atoms with van der Waals surface area (Å²) in [7, 11) is 0. The normalized spacial score (nSPS) is 14.8. The second-order valence-electron chi connectivity index (χ2n) is 8.89. The molecule has 38 heavy (non-hydrogen) atoms. The molecule has 192 valence electrons. The molecule has 3 aromatic carbocycles. The van der Waals surface area contributed by atoms with Gasteiger partial charge in [-0.3, -0.25) is 10.1 Å². The number of pyridine rings is 1. The first-order valence-corrected chi connectivity index (χ1v) is 12.3. The molecule has 0 radical (unpaired) electrons. The number of fused-ring (bicyclic) bond motifs is 1. The summed E-state index contributed by atoms with van der Waals surface area (Å²) in [5.74, 6) is -2.28. The standard InChI is InChI=1S/C29H23ClN2O6/c30-23-8-5-21-6-10-24(31-27(21)17-23)9-4-19-2-1-3-22(16-19)29(37-14-15-38-29)13-12-20-7-11-25(32(35)36)18-26(20)28(33)34/h1-11,16-18H,12-15H2,(H,33,34)/b9-4+. The fraction of sp³-hybridized carbons (Fsp3) is 0.172. The van der Waals surface area contributed by atoms with E-state index in [9.17, 15) is 20.0 Å². The number of carboxylic acid groups (broad SMARTS) is 1. The SMILES string of the molecule is O=C(O)c1cc([N+](=O)[O-])ccc1CCC1(c2cccc(/C=C/c3ccc4ccc(Cl)cc4n3)c2)OCCO1. The summed E-state index contributed by atoms with van der Waals surface area (Å²) in [6.07, 6.45) is 4.50. The molecule has 0 amide bonds. The molecule has 4 aromatic rings. The summed E-state index contributed by atoms with van der Waals surface area (Å²) in [5.41, 5.74) is 3.41. The topological polar surface area (TPSA) is 112 Å². The molecule has 1 aliphatic heterocycles. The van der Waals surface area contributed by atoms with Crippen molar-refractivity contribution in [2.24, 2.45) is 0 Å². The number of rotatable bonds is 8. The van der Waals surface area contributed by atoms with Crippen molar-refractivity contribution in [2.75, 3.05) is 13.2 Å². The van der Waals surface area contributed by atoms with E-state index in [4.69, 9.17) is 21.1 Å². The van der Waals surface area contributed by atoms with Crippen LogP contribution in [0.1, 0.15) is 39.2 Å². The number of nitrogens with zero attached hydrogens (tertiary/aromatic N) is 2. The molecule has 8 nitrogen and oxygen atoms in total. The van der Waals surface area contributed by atoms with Gasteiger partial charge in [-0.05, 0) is 47.9 Å². The minimum absolute atomic E-state index is 0.104. The maximum atomic E-state index is 11.8. The highest BCUT2D eigenvalue weighted by atomic mass is 35.5. The number of carbonyl (C=O) groups is 1. The molecule has 0 bridgehead atoms. The smallest absolute Gasteiger partial charge is 0.336 e. The van der Waals surface area contributed by atoms with Gasteiger partial charge >= 0.3 is 5.97 Å². The molecular formula is C29H23ClN2O6. The van der Waals surface area contributed by atoms with Crippen molar-refractivity contribution in [3.05, 3.63) is 116 Å². The van der Waals surface area contributed by atoms with Gasteiger partial charge in [0.2, 0.25) is 0 Å². The van der Waals surface area contributed by atoms with E-state index >= 15 is 0 Å². The molecule has 0 unspecified atom stereocenters. The predicted octanol–water partition coefficient (Wildman–Crippen LogP) is 6.50. The lowest BCUT2D eigenvalue weighted by Crippen LogP contribution is -2.28. The fourth-order valence-electron chi connectivity index (χ4n) is 4.56. The van der Waals surface area contributed by atoms with Crippen molar-refractivity contribution in [1.29, 1.82) is 0 Å². The van der Waals surface area contributed by atoms with Crippen molar-refractivity contribution >= 4 is 46.3 Å². The number of halogens is 1. The molecule has 1 N–H and O–H groups in total. The number of aromatic carboxylic acids is 1. The molecular weight excluding hydrogens is 508 g/mol. The van der Waals surface area contributed by atoms with E-state index < -0.39 is 16.7 Å². The number of nitro benzene ring substituents is 1. The summed E-state index contributed by atoms with van der Waals surface area (Å²) in [6.45, 7) is 0.797. The fourth-order valence-corrected chi connectivity index (χ4v) is 4.73. The Morgan fingerprint density at radius 2 is 1.84 bits per heavy atom. The van der Waals surface area contributed by atoms with Crippen molar-refractivity contribution in [2.45, 2.75) is 18.6 Å². The van der Waals surface area contributed by atoms with Gasteiger partial charge in [-0.15, -0.1) is 0 Å². The first kappa shape index (κ1) is 25.5. The molecule has 5 rings (SSSR count). The summed E-state index contributed by atoms with van der Waals surface area (Å²) in [6, 6.07) is 21.1. The van der Waals surface area contributed by atoms with Gasteiger partial charge in [0.25, 0.3) is 5.69 Å². The lowest BCUT2D eigenvalue weighted by atomic mass is 9.94. The molecule has 1 saturated heterocycles. The zero-order chi connectivity index (χ0) is 26.7. The second kappa shape index (κ2) is 10.7. The predicted molar refractivity (Wildman–Crippen MR) is 144 cm³/mol. The number of hydrogen-bond donors (Lipinski definition) is 1. The van der Waals surface area contributed by atoms with E-state index in [1.165, 1.54) is 12.1 Å². The number of nitro groups is 1. The second-order valence-corrected chi connectivity index (χ2v) is 9.32. The van der Waals surface area contributed by atoms with Crippen molar-refractivity contribution in [3.63, 3.8) is 0 Å². The first-order chi connectivity index (χ1) is 18.3. The highest BCUT2D eigenvalue weighted by Gasteiger charge is 2.38. The van der Waals surface area contributed by atoms with Crippen LogP contribution in [-0.2, 0) is 21.7 Å². The van der Waals surface area contributed by atoms with Crippen LogP contribution in [0.4, 0.5) is 5.69 Å². The highest BCUT2D eigenvalue weighted by Crippen LogP contribution is 2.37. The van der Waals surface area contributed by atoms with Crippen LogP contribution in [0.2, 0.25) is 5.02 Å². The van der Waals surface area contributed by atoms with Crippen molar-refractivity contribution in [3.8, 4) is 0 Å². The van der Waals surface area contributed by atoms with E-state index in [1.54, 1.807) is 0 Å². The van der Waals surface area contributed by atoms with Crippen LogP contribution in [0.5, 0.6) is 0 Å². The monoisotopic (exact) mass is 530 g/mol. The summed E-state index contributed by atoms with van der Waals surface area (Å²) in [4.78, 5) is 26.9. The average Bonchev–Trinajstić information content (AvgIpc) is 3.40. The maximum Gasteiger partial charge on any atom is 0.336 e. The third-order valence-electron chi connectivity index (χ3n) is 6.46. The Bertz CT molecular complexity index is 1560.